The number of nitrogens with zero attached hydrogens (tertiary/aromatic N) is 1. The van der Waals surface area contributed by atoms with Gasteiger partial charge in [0.25, 0.3) is 0 Å². The van der Waals surface area contributed by atoms with Crippen LogP contribution in [0.2, 0.25) is 0 Å². The third-order valence-corrected chi connectivity index (χ3v) is 6.51. The van der Waals surface area contributed by atoms with Gasteiger partial charge in [-0.05, 0) is 67.9 Å². The number of aromatic hydroxyl groups is 1. The molecule has 0 aliphatic carbocycles. The molecule has 0 fully saturated rings. The third-order valence-electron chi connectivity index (χ3n) is 5.92. The van der Waals surface area contributed by atoms with Crippen LogP contribution in [0.4, 0.5) is 10.5 Å². The number of hydrogen-bond donors (Lipinski definition) is 2. The highest BCUT2D eigenvalue weighted by molar-refractivity contribution is 7.94. The largest absolute Gasteiger partial charge is 0.507 e. The number of carbonyl (C=O) groups is 1. The molecule has 2 N–H and O–H groups in total. The Morgan fingerprint density at radius 2 is 1.72 bits per heavy atom. The molecule has 0 spiro atoms. The van der Waals surface area contributed by atoms with E-state index in [1.54, 1.807) is 6.21 Å². The fourth-order valence-electron chi connectivity index (χ4n) is 3.95. The highest BCUT2D eigenvalue weighted by atomic mass is 32.2. The van der Waals surface area contributed by atoms with Crippen molar-refractivity contribution in [3.63, 3.8) is 0 Å². The maximum Gasteiger partial charge on any atom is 0.412 e. The number of cyclic esters (lactones) is 1. The predicted octanol–water partition coefficient (Wildman–Crippen LogP) is 7.65. The van der Waals surface area contributed by atoms with Crippen molar-refractivity contribution in [3.8, 4) is 11.5 Å². The van der Waals surface area contributed by atoms with E-state index in [2.05, 4.69) is 52.0 Å². The van der Waals surface area contributed by atoms with Crippen LogP contribution >= 0.6 is 12.0 Å². The van der Waals surface area contributed by atoms with Crippen LogP contribution in [0.25, 0.3) is 0 Å². The van der Waals surface area contributed by atoms with Crippen molar-refractivity contribution in [1.82, 2.24) is 0 Å². The monoisotopic (exact) mass is 514 g/mol. The Morgan fingerprint density at radius 1 is 1.08 bits per heavy atom. The summed E-state index contributed by atoms with van der Waals surface area (Å²) in [5, 5.41) is 17.6. The van der Waals surface area contributed by atoms with Crippen molar-refractivity contribution in [2.24, 2.45) is 5.16 Å². The van der Waals surface area contributed by atoms with Crippen LogP contribution in [0.3, 0.4) is 0 Å². The number of oxime groups is 1. The molecule has 1 amide bonds. The molecule has 2 aromatic rings. The van der Waals surface area contributed by atoms with Crippen molar-refractivity contribution < 1.29 is 23.7 Å². The van der Waals surface area contributed by atoms with Crippen LogP contribution in [0.1, 0.15) is 84.9 Å². The first-order valence-corrected chi connectivity index (χ1v) is 12.9. The Labute approximate surface area is 218 Å². The molecule has 1 heterocycles. The quantitative estimate of drug-likeness (QED) is 0.163. The number of nitrogens with one attached hydrogen (secondary N) is 1. The molecule has 0 unspecified atom stereocenters. The molecule has 1 aliphatic rings. The van der Waals surface area contributed by atoms with E-state index < -0.39 is 11.7 Å². The van der Waals surface area contributed by atoms with Gasteiger partial charge in [0.1, 0.15) is 29.1 Å². The SMILES string of the molecule is CC(C)(C)c1cc(SON=CCCCOc2ccc3c(c2)C(C)(C)OC(=O)N3)cc(C(C)(C)C)c1O. The van der Waals surface area contributed by atoms with Gasteiger partial charge in [-0.25, -0.2) is 4.79 Å². The number of ether oxygens (including phenoxy) is 2. The van der Waals surface area contributed by atoms with Gasteiger partial charge in [0.2, 0.25) is 0 Å². The number of phenols is 1. The fourth-order valence-corrected chi connectivity index (χ4v) is 4.48. The van der Waals surface area contributed by atoms with Gasteiger partial charge in [-0.1, -0.05) is 46.7 Å². The van der Waals surface area contributed by atoms with Gasteiger partial charge in [0, 0.05) is 22.9 Å². The molecule has 8 heteroatoms. The first-order valence-electron chi connectivity index (χ1n) is 12.2. The molecule has 7 nitrogen and oxygen atoms in total. The van der Waals surface area contributed by atoms with Gasteiger partial charge in [-0.3, -0.25) is 5.32 Å². The lowest BCUT2D eigenvalue weighted by Gasteiger charge is -2.32. The molecule has 1 aliphatic heterocycles. The van der Waals surface area contributed by atoms with Gasteiger partial charge in [0.15, 0.2) is 0 Å². The minimum absolute atomic E-state index is 0.196. The number of unbranched alkanes of at least 4 members (excludes halogenated alkanes) is 1. The van der Waals surface area contributed by atoms with Gasteiger partial charge in [0.05, 0.1) is 17.2 Å². The summed E-state index contributed by atoms with van der Waals surface area (Å²) in [6.07, 6.45) is 2.75. The van der Waals surface area contributed by atoms with Crippen molar-refractivity contribution in [3.05, 3.63) is 47.0 Å². The minimum atomic E-state index is -0.711. The first kappa shape index (κ1) is 27.7. The molecule has 0 atom stereocenters. The molecule has 0 aromatic heterocycles. The number of benzene rings is 2. The summed E-state index contributed by atoms with van der Waals surface area (Å²) in [5.41, 5.74) is 2.30. The van der Waals surface area contributed by atoms with E-state index in [1.165, 1.54) is 12.0 Å². The summed E-state index contributed by atoms with van der Waals surface area (Å²) < 4.78 is 16.7. The van der Waals surface area contributed by atoms with E-state index in [-0.39, 0.29) is 10.8 Å². The van der Waals surface area contributed by atoms with Crippen molar-refractivity contribution in [2.75, 3.05) is 11.9 Å². The number of phenolic OH excluding ortho intramolecular Hbond substituents is 1. The zero-order chi connectivity index (χ0) is 26.7. The minimum Gasteiger partial charge on any atom is -0.507 e. The molecule has 2 aromatic carbocycles. The smallest absolute Gasteiger partial charge is 0.412 e. The first-order chi connectivity index (χ1) is 16.7. The Bertz CT molecular complexity index is 1090. The van der Waals surface area contributed by atoms with E-state index in [1.807, 2.05) is 44.2 Å². The molecular weight excluding hydrogens is 476 g/mol. The lowest BCUT2D eigenvalue weighted by atomic mass is 9.79. The predicted molar refractivity (Wildman–Crippen MR) is 145 cm³/mol. The topological polar surface area (TPSA) is 89.4 Å². The second-order valence-electron chi connectivity index (χ2n) is 11.5. The zero-order valence-electron chi connectivity index (χ0n) is 22.5. The molecule has 0 saturated heterocycles. The van der Waals surface area contributed by atoms with E-state index in [9.17, 15) is 9.90 Å². The average Bonchev–Trinajstić information content (AvgIpc) is 2.74. The van der Waals surface area contributed by atoms with Crippen LogP contribution in [0.15, 0.2) is 40.4 Å². The zero-order valence-corrected chi connectivity index (χ0v) is 23.3. The van der Waals surface area contributed by atoms with E-state index in [0.717, 1.165) is 39.4 Å². The number of fused-ring (bicyclic) bond motifs is 1. The van der Waals surface area contributed by atoms with Crippen molar-refractivity contribution in [2.45, 2.75) is 89.6 Å². The molecular formula is C28H38N2O5S. The lowest BCUT2D eigenvalue weighted by molar-refractivity contribution is 0.0418. The second-order valence-corrected chi connectivity index (χ2v) is 12.3. The maximum absolute atomic E-state index is 11.6. The lowest BCUT2D eigenvalue weighted by Crippen LogP contribution is -2.34. The molecule has 3 rings (SSSR count). The van der Waals surface area contributed by atoms with E-state index in [0.29, 0.717) is 18.8 Å². The summed E-state index contributed by atoms with van der Waals surface area (Å²) >= 11 is 1.18. The second kappa shape index (κ2) is 10.6. The normalized spacial score (nSPS) is 15.3. The maximum atomic E-state index is 11.6. The van der Waals surface area contributed by atoms with Gasteiger partial charge in [-0.2, -0.15) is 0 Å². The molecule has 0 bridgehead atoms. The van der Waals surface area contributed by atoms with Gasteiger partial charge >= 0.3 is 6.09 Å². The van der Waals surface area contributed by atoms with Crippen LogP contribution < -0.4 is 10.1 Å². The number of carbonyl (C=O) groups excluding carboxylic acids is 1. The average molecular weight is 515 g/mol. The van der Waals surface area contributed by atoms with Gasteiger partial charge in [-0.15, -0.1) is 0 Å². The Balaban J connectivity index is 1.49. The van der Waals surface area contributed by atoms with E-state index in [4.69, 9.17) is 13.8 Å². The Morgan fingerprint density at radius 3 is 2.33 bits per heavy atom. The highest BCUT2D eigenvalue weighted by Crippen LogP contribution is 2.42. The van der Waals surface area contributed by atoms with Gasteiger partial charge < -0.3 is 18.9 Å². The van der Waals surface area contributed by atoms with E-state index >= 15 is 0 Å². The van der Waals surface area contributed by atoms with Crippen LogP contribution in [-0.2, 0) is 25.5 Å². The summed E-state index contributed by atoms with van der Waals surface area (Å²) in [4.78, 5) is 12.6. The Kier molecular flexibility index (Phi) is 8.18. The summed E-state index contributed by atoms with van der Waals surface area (Å²) in [5.74, 6) is 1.07. The van der Waals surface area contributed by atoms with Crippen LogP contribution in [0.5, 0.6) is 11.5 Å². The number of hydrogen-bond acceptors (Lipinski definition) is 7. The molecule has 36 heavy (non-hydrogen) atoms. The molecule has 0 radical (unpaired) electrons. The molecule has 196 valence electrons. The van der Waals surface area contributed by atoms with Crippen LogP contribution in [-0.4, -0.2) is 24.0 Å². The highest BCUT2D eigenvalue weighted by Gasteiger charge is 2.33. The number of rotatable bonds is 8. The summed E-state index contributed by atoms with van der Waals surface area (Å²) in [6.45, 7) is 16.7. The Hall–Kier alpha value is -2.87. The third kappa shape index (κ3) is 6.87. The summed E-state index contributed by atoms with van der Waals surface area (Å²) in [6, 6.07) is 9.50. The van der Waals surface area contributed by atoms with Crippen LogP contribution in [0, 0.1) is 0 Å². The molecule has 0 saturated carbocycles. The standard InChI is InChI=1S/C28H38N2O5S/c1-26(2,3)21-16-19(17-22(24(21)31)27(4,5)6)36-35-29-13-9-10-14-33-18-11-12-23-20(15-18)28(7,8)34-25(32)30-23/h11-13,15-17,31H,9-10,14H2,1-8H3,(H,30,32). The number of amides is 1. The fraction of sp³-hybridized carbons (Fsp3) is 0.500. The van der Waals surface area contributed by atoms with Crippen molar-refractivity contribution in [1.29, 1.82) is 0 Å². The van der Waals surface area contributed by atoms with Crippen molar-refractivity contribution >= 4 is 30.0 Å². The number of anilines is 1. The summed E-state index contributed by atoms with van der Waals surface area (Å²) in [7, 11) is 0.